The van der Waals surface area contributed by atoms with Gasteiger partial charge >= 0.3 is 0 Å². The standard InChI is InChI=1S/C16H15N3O4S/c1-2-10-6-8-11(9-7-10)24(22,23)19-13-5-3-4-12-14(13)16(21)18-17-15(12)20/h3-9,19H,2H2,1H3,(H,17,20)(H,18,21). The Balaban J connectivity index is 2.10. The van der Waals surface area contributed by atoms with Crippen molar-refractivity contribution in [2.75, 3.05) is 4.72 Å². The maximum Gasteiger partial charge on any atom is 0.272 e. The molecule has 3 rings (SSSR count). The highest BCUT2D eigenvalue weighted by Crippen LogP contribution is 2.21. The summed E-state index contributed by atoms with van der Waals surface area (Å²) in [7, 11) is -3.87. The van der Waals surface area contributed by atoms with Crippen LogP contribution in [0.4, 0.5) is 5.69 Å². The van der Waals surface area contributed by atoms with Crippen molar-refractivity contribution in [3.05, 3.63) is 68.7 Å². The summed E-state index contributed by atoms with van der Waals surface area (Å²) >= 11 is 0. The Morgan fingerprint density at radius 3 is 2.29 bits per heavy atom. The van der Waals surface area contributed by atoms with Crippen LogP contribution in [0, 0.1) is 0 Å². The van der Waals surface area contributed by atoms with Crippen LogP contribution in [0.5, 0.6) is 0 Å². The van der Waals surface area contributed by atoms with Gasteiger partial charge in [0, 0.05) is 0 Å². The number of H-pyrrole nitrogens is 2. The molecule has 8 heteroatoms. The zero-order valence-electron chi connectivity index (χ0n) is 12.8. The van der Waals surface area contributed by atoms with Crippen LogP contribution in [0.3, 0.4) is 0 Å². The summed E-state index contributed by atoms with van der Waals surface area (Å²) in [5, 5.41) is 4.51. The maximum absolute atomic E-state index is 12.5. The van der Waals surface area contributed by atoms with Crippen molar-refractivity contribution in [1.82, 2.24) is 10.2 Å². The first kappa shape index (κ1) is 16.0. The monoisotopic (exact) mass is 345 g/mol. The summed E-state index contributed by atoms with van der Waals surface area (Å²) in [6.07, 6.45) is 0.801. The van der Waals surface area contributed by atoms with Gasteiger partial charge < -0.3 is 0 Å². The maximum atomic E-state index is 12.5. The van der Waals surface area contributed by atoms with Crippen molar-refractivity contribution >= 4 is 26.5 Å². The van der Waals surface area contributed by atoms with E-state index in [4.69, 9.17) is 0 Å². The summed E-state index contributed by atoms with van der Waals surface area (Å²) in [6.45, 7) is 1.97. The third-order valence-electron chi connectivity index (χ3n) is 3.71. The predicted octanol–water partition coefficient (Wildman–Crippen LogP) is 1.58. The molecule has 1 heterocycles. The number of sulfonamides is 1. The van der Waals surface area contributed by atoms with Crippen LogP contribution in [0.15, 0.2) is 56.9 Å². The normalized spacial score (nSPS) is 11.5. The van der Waals surface area contributed by atoms with E-state index in [1.54, 1.807) is 12.1 Å². The summed E-state index contributed by atoms with van der Waals surface area (Å²) in [5.74, 6) is 0. The fraction of sp³-hybridized carbons (Fsp3) is 0.125. The SMILES string of the molecule is CCc1ccc(S(=O)(=O)Nc2cccc3c(=O)[nH][nH]c(=O)c23)cc1. The largest absolute Gasteiger partial charge is 0.279 e. The molecule has 2 aromatic carbocycles. The number of rotatable bonds is 4. The molecular weight excluding hydrogens is 330 g/mol. The molecule has 7 nitrogen and oxygen atoms in total. The molecule has 0 aliphatic carbocycles. The summed E-state index contributed by atoms with van der Waals surface area (Å²) in [4.78, 5) is 23.9. The zero-order chi connectivity index (χ0) is 17.3. The molecule has 0 amide bonds. The molecule has 0 atom stereocenters. The molecule has 124 valence electrons. The average Bonchev–Trinajstić information content (AvgIpc) is 2.58. The molecule has 24 heavy (non-hydrogen) atoms. The van der Waals surface area contributed by atoms with E-state index in [-0.39, 0.29) is 21.4 Å². The Labute approximate surface area is 137 Å². The molecule has 0 aliphatic heterocycles. The first-order valence-electron chi connectivity index (χ1n) is 7.28. The van der Waals surface area contributed by atoms with Gasteiger partial charge in [-0.15, -0.1) is 0 Å². The zero-order valence-corrected chi connectivity index (χ0v) is 13.6. The molecule has 3 aromatic rings. The first-order valence-corrected chi connectivity index (χ1v) is 8.76. The minimum atomic E-state index is -3.87. The second-order valence-corrected chi connectivity index (χ2v) is 6.92. The first-order chi connectivity index (χ1) is 11.4. The Morgan fingerprint density at radius 1 is 0.958 bits per heavy atom. The minimum absolute atomic E-state index is 0.00463. The molecule has 0 radical (unpaired) electrons. The number of benzene rings is 2. The van der Waals surface area contributed by atoms with Gasteiger partial charge in [0.1, 0.15) is 0 Å². The minimum Gasteiger partial charge on any atom is -0.279 e. The van der Waals surface area contributed by atoms with Crippen LogP contribution in [0.25, 0.3) is 10.8 Å². The second-order valence-electron chi connectivity index (χ2n) is 5.24. The highest BCUT2D eigenvalue weighted by molar-refractivity contribution is 7.92. The molecule has 0 saturated carbocycles. The smallest absolute Gasteiger partial charge is 0.272 e. The highest BCUT2D eigenvalue weighted by atomic mass is 32.2. The lowest BCUT2D eigenvalue weighted by atomic mass is 10.1. The average molecular weight is 345 g/mol. The highest BCUT2D eigenvalue weighted by Gasteiger charge is 2.17. The van der Waals surface area contributed by atoms with E-state index in [9.17, 15) is 18.0 Å². The Kier molecular flexibility index (Phi) is 3.98. The number of nitrogens with one attached hydrogen (secondary N) is 3. The Bertz CT molecular complexity index is 1110. The number of fused-ring (bicyclic) bond motifs is 1. The van der Waals surface area contributed by atoms with Gasteiger partial charge in [0.15, 0.2) is 0 Å². The van der Waals surface area contributed by atoms with E-state index in [2.05, 4.69) is 14.9 Å². The van der Waals surface area contributed by atoms with Gasteiger partial charge in [-0.05, 0) is 36.2 Å². The van der Waals surface area contributed by atoms with E-state index in [0.717, 1.165) is 12.0 Å². The fourth-order valence-corrected chi connectivity index (χ4v) is 3.49. The molecule has 0 aliphatic rings. The Morgan fingerprint density at radius 2 is 1.62 bits per heavy atom. The van der Waals surface area contributed by atoms with Crippen molar-refractivity contribution in [2.45, 2.75) is 18.2 Å². The quantitative estimate of drug-likeness (QED) is 0.666. The number of hydrogen-bond acceptors (Lipinski definition) is 4. The van der Waals surface area contributed by atoms with Crippen LogP contribution >= 0.6 is 0 Å². The van der Waals surface area contributed by atoms with E-state index in [1.807, 2.05) is 6.92 Å². The van der Waals surface area contributed by atoms with Crippen molar-refractivity contribution < 1.29 is 8.42 Å². The topological polar surface area (TPSA) is 112 Å². The van der Waals surface area contributed by atoms with Gasteiger partial charge in [-0.3, -0.25) is 24.5 Å². The number of anilines is 1. The molecule has 0 unspecified atom stereocenters. The summed E-state index contributed by atoms with van der Waals surface area (Å²) < 4.78 is 27.4. The predicted molar refractivity (Wildman–Crippen MR) is 91.8 cm³/mol. The van der Waals surface area contributed by atoms with E-state index >= 15 is 0 Å². The van der Waals surface area contributed by atoms with Gasteiger partial charge in [-0.2, -0.15) is 0 Å². The van der Waals surface area contributed by atoms with Gasteiger partial charge in [-0.25, -0.2) is 8.42 Å². The van der Waals surface area contributed by atoms with E-state index in [0.29, 0.717) is 0 Å². The van der Waals surface area contributed by atoms with Crippen molar-refractivity contribution in [3.63, 3.8) is 0 Å². The van der Waals surface area contributed by atoms with Gasteiger partial charge in [0.2, 0.25) is 0 Å². The summed E-state index contributed by atoms with van der Waals surface area (Å²) in [5.41, 5.74) is -0.0105. The van der Waals surface area contributed by atoms with E-state index in [1.165, 1.54) is 30.3 Å². The van der Waals surface area contributed by atoms with Gasteiger partial charge in [0.25, 0.3) is 21.1 Å². The van der Waals surface area contributed by atoms with Crippen LogP contribution < -0.4 is 15.8 Å². The number of hydrogen-bond donors (Lipinski definition) is 3. The van der Waals surface area contributed by atoms with Crippen LogP contribution in [-0.2, 0) is 16.4 Å². The second kappa shape index (κ2) is 5.97. The number of aromatic nitrogens is 2. The molecule has 1 aromatic heterocycles. The third kappa shape index (κ3) is 2.83. The Hall–Kier alpha value is -2.87. The van der Waals surface area contributed by atoms with Crippen LogP contribution in [-0.4, -0.2) is 18.6 Å². The lowest BCUT2D eigenvalue weighted by Crippen LogP contribution is -2.21. The number of aryl methyl sites for hydroxylation is 1. The molecule has 0 bridgehead atoms. The lowest BCUT2D eigenvalue weighted by Gasteiger charge is -2.10. The van der Waals surface area contributed by atoms with Crippen molar-refractivity contribution in [3.8, 4) is 0 Å². The van der Waals surface area contributed by atoms with Gasteiger partial charge in [0.05, 0.1) is 21.4 Å². The van der Waals surface area contributed by atoms with Crippen molar-refractivity contribution in [1.29, 1.82) is 0 Å². The van der Waals surface area contributed by atoms with E-state index < -0.39 is 21.1 Å². The molecule has 0 fully saturated rings. The summed E-state index contributed by atoms with van der Waals surface area (Å²) in [6, 6.07) is 10.9. The van der Waals surface area contributed by atoms with Crippen LogP contribution in [0.1, 0.15) is 12.5 Å². The van der Waals surface area contributed by atoms with Crippen LogP contribution in [0.2, 0.25) is 0 Å². The molecular formula is C16H15N3O4S. The molecule has 0 saturated heterocycles. The molecule has 0 spiro atoms. The lowest BCUT2D eigenvalue weighted by molar-refractivity contribution is 0.601. The van der Waals surface area contributed by atoms with Gasteiger partial charge in [-0.1, -0.05) is 25.1 Å². The fourth-order valence-electron chi connectivity index (χ4n) is 2.42. The number of aromatic amines is 2. The molecule has 3 N–H and O–H groups in total. The van der Waals surface area contributed by atoms with Crippen molar-refractivity contribution in [2.24, 2.45) is 0 Å². The third-order valence-corrected chi connectivity index (χ3v) is 5.09.